The van der Waals surface area contributed by atoms with Crippen LogP contribution in [0.2, 0.25) is 0 Å². The van der Waals surface area contributed by atoms with E-state index in [1.54, 1.807) is 29.7 Å². The van der Waals surface area contributed by atoms with Crippen LogP contribution in [0.1, 0.15) is 40.9 Å². The minimum absolute atomic E-state index is 0.243. The van der Waals surface area contributed by atoms with Crippen LogP contribution >= 0.6 is 22.7 Å². The van der Waals surface area contributed by atoms with Crippen LogP contribution in [-0.4, -0.2) is 71.4 Å². The van der Waals surface area contributed by atoms with Gasteiger partial charge in [-0.2, -0.15) is 4.31 Å². The Labute approximate surface area is 222 Å². The molecule has 12 heteroatoms. The molecule has 0 radical (unpaired) electrons. The third-order valence-corrected chi connectivity index (χ3v) is 11.2. The van der Waals surface area contributed by atoms with E-state index in [0.29, 0.717) is 29.2 Å². The highest BCUT2D eigenvalue weighted by atomic mass is 32.2. The van der Waals surface area contributed by atoms with Crippen molar-refractivity contribution in [3.8, 4) is 0 Å². The molecule has 2 saturated heterocycles. The Morgan fingerprint density at radius 1 is 1.19 bits per heavy atom. The molecular weight excluding hydrogens is 532 g/mol. The Bertz CT molecular complexity index is 1440. The van der Waals surface area contributed by atoms with Crippen molar-refractivity contribution >= 4 is 59.7 Å². The van der Waals surface area contributed by atoms with Crippen molar-refractivity contribution in [2.45, 2.75) is 49.6 Å². The van der Waals surface area contributed by atoms with Crippen molar-refractivity contribution in [2.24, 2.45) is 5.92 Å². The van der Waals surface area contributed by atoms with E-state index in [9.17, 15) is 22.8 Å². The first-order valence-corrected chi connectivity index (χ1v) is 15.6. The zero-order valence-corrected chi connectivity index (χ0v) is 22.4. The number of aromatic nitrogens is 1. The summed E-state index contributed by atoms with van der Waals surface area (Å²) in [6.07, 6.45) is 6.01. The lowest BCUT2D eigenvalue weighted by Crippen LogP contribution is -2.52. The maximum atomic E-state index is 13.7. The van der Waals surface area contributed by atoms with Gasteiger partial charge in [-0.3, -0.25) is 19.4 Å². The number of thiophene rings is 2. The molecular formula is C25H26N4O5S3. The van der Waals surface area contributed by atoms with E-state index in [1.807, 2.05) is 17.5 Å². The number of nitrogens with one attached hydrogen (secondary N) is 1. The van der Waals surface area contributed by atoms with Crippen molar-refractivity contribution in [1.29, 1.82) is 0 Å². The fourth-order valence-electron chi connectivity index (χ4n) is 5.37. The van der Waals surface area contributed by atoms with Crippen LogP contribution in [0.4, 0.5) is 0 Å². The first-order valence-electron chi connectivity index (χ1n) is 12.3. The average molecular weight is 559 g/mol. The number of amides is 2. The quantitative estimate of drug-likeness (QED) is 0.454. The zero-order valence-electron chi connectivity index (χ0n) is 19.9. The summed E-state index contributed by atoms with van der Waals surface area (Å²) < 4.78 is 29.7. The van der Waals surface area contributed by atoms with Gasteiger partial charge in [-0.1, -0.05) is 18.9 Å². The molecule has 6 rings (SSSR count). The summed E-state index contributed by atoms with van der Waals surface area (Å²) in [6.45, 7) is 0.0396. The molecule has 1 saturated carbocycles. The van der Waals surface area contributed by atoms with Crippen LogP contribution in [-0.2, 0) is 25.4 Å². The van der Waals surface area contributed by atoms with Gasteiger partial charge < -0.3 is 10.2 Å². The number of Topliss-reactive ketones (excluding diaryl/α,β-unsaturated/α-hetero) is 1. The van der Waals surface area contributed by atoms with Crippen molar-refractivity contribution < 1.29 is 22.8 Å². The van der Waals surface area contributed by atoms with Crippen LogP contribution in [0, 0.1) is 5.92 Å². The Balaban J connectivity index is 1.19. The number of carbonyl (C=O) groups excluding carboxylic acids is 3. The highest BCUT2D eigenvalue weighted by molar-refractivity contribution is 7.88. The normalized spacial score (nSPS) is 22.9. The van der Waals surface area contributed by atoms with Gasteiger partial charge in [0.25, 0.3) is 5.91 Å². The molecule has 2 amide bonds. The zero-order chi connectivity index (χ0) is 25.7. The topological polar surface area (TPSA) is 117 Å². The van der Waals surface area contributed by atoms with Crippen LogP contribution in [0.3, 0.4) is 0 Å². The van der Waals surface area contributed by atoms with Gasteiger partial charge in [0.15, 0.2) is 5.78 Å². The van der Waals surface area contributed by atoms with Gasteiger partial charge in [-0.25, -0.2) is 8.42 Å². The molecule has 3 atom stereocenters. The number of ketones is 1. The molecule has 3 aromatic heterocycles. The smallest absolute Gasteiger partial charge is 0.262 e. The molecule has 3 aromatic rings. The van der Waals surface area contributed by atoms with Crippen molar-refractivity contribution in [1.82, 2.24) is 19.5 Å². The number of pyridine rings is 1. The van der Waals surface area contributed by atoms with E-state index in [4.69, 9.17) is 0 Å². The second-order valence-electron chi connectivity index (χ2n) is 9.93. The Morgan fingerprint density at radius 2 is 2.03 bits per heavy atom. The Hall–Kier alpha value is -2.67. The van der Waals surface area contributed by atoms with Gasteiger partial charge in [0.2, 0.25) is 15.9 Å². The number of hydrogen-bond acceptors (Lipinski definition) is 8. The van der Waals surface area contributed by atoms with E-state index in [-0.39, 0.29) is 36.4 Å². The first-order chi connectivity index (χ1) is 17.8. The lowest BCUT2D eigenvalue weighted by atomic mass is 10.1. The summed E-state index contributed by atoms with van der Waals surface area (Å²) >= 11 is 2.96. The van der Waals surface area contributed by atoms with Gasteiger partial charge >= 0.3 is 0 Å². The number of likely N-dealkylation sites (tertiary alicyclic amines) is 1. The molecule has 3 fully saturated rings. The molecule has 1 aliphatic carbocycles. The number of nitrogens with zero attached hydrogens (tertiary/aromatic N) is 3. The van der Waals surface area contributed by atoms with E-state index >= 15 is 0 Å². The van der Waals surface area contributed by atoms with Gasteiger partial charge in [0.05, 0.1) is 23.2 Å². The lowest BCUT2D eigenvalue weighted by Gasteiger charge is -2.28. The standard InChI is InChI=1S/C25H26N4O5S3/c30-19-13-29(37(33,34)14-16-2-1-7-26-12-16)18-5-8-28(23(18)19)25(32)17(10-15-3-4-15)27-24(31)22-11-21-20(36-22)6-9-35-21/h1-2,6-7,9,11-12,15,17-18,23H,3-5,8,10,13-14H2,(H,27,31). The molecule has 9 nitrogen and oxygen atoms in total. The first kappa shape index (κ1) is 24.7. The summed E-state index contributed by atoms with van der Waals surface area (Å²) in [5.74, 6) is -0.743. The van der Waals surface area contributed by atoms with E-state index < -0.39 is 28.1 Å². The summed E-state index contributed by atoms with van der Waals surface area (Å²) in [5, 5.41) is 4.91. The molecule has 5 heterocycles. The minimum Gasteiger partial charge on any atom is -0.340 e. The molecule has 2 aliphatic heterocycles. The van der Waals surface area contributed by atoms with Gasteiger partial charge in [0, 0.05) is 28.3 Å². The largest absolute Gasteiger partial charge is 0.340 e. The third-order valence-electron chi connectivity index (χ3n) is 7.32. The molecule has 194 valence electrons. The summed E-state index contributed by atoms with van der Waals surface area (Å²) in [7, 11) is -3.77. The van der Waals surface area contributed by atoms with Crippen molar-refractivity contribution in [3.05, 3.63) is 52.5 Å². The second-order valence-corrected chi connectivity index (χ2v) is 13.9. The SMILES string of the molecule is O=C(NC(CC1CC1)C(=O)N1CCC2C1C(=O)CN2S(=O)(=O)Cc1cccnc1)c1cc2sccc2s1. The number of hydrogen-bond donors (Lipinski definition) is 1. The Morgan fingerprint density at radius 3 is 2.76 bits per heavy atom. The number of sulfonamides is 1. The third kappa shape index (κ3) is 4.83. The van der Waals surface area contributed by atoms with Gasteiger partial charge in [-0.15, -0.1) is 22.7 Å². The molecule has 1 N–H and O–H groups in total. The summed E-state index contributed by atoms with van der Waals surface area (Å²) in [4.78, 5) is 45.9. The van der Waals surface area contributed by atoms with Crippen LogP contribution in [0.25, 0.3) is 9.40 Å². The predicted molar refractivity (Wildman–Crippen MR) is 141 cm³/mol. The molecule has 37 heavy (non-hydrogen) atoms. The highest BCUT2D eigenvalue weighted by Gasteiger charge is 2.54. The van der Waals surface area contributed by atoms with Gasteiger partial charge in [0.1, 0.15) is 12.1 Å². The van der Waals surface area contributed by atoms with E-state index in [1.165, 1.54) is 26.7 Å². The Kier molecular flexibility index (Phi) is 6.38. The lowest BCUT2D eigenvalue weighted by molar-refractivity contribution is -0.138. The molecule has 0 aromatic carbocycles. The predicted octanol–water partition coefficient (Wildman–Crippen LogP) is 2.64. The second kappa shape index (κ2) is 9.57. The van der Waals surface area contributed by atoms with Gasteiger partial charge in [-0.05, 0) is 47.9 Å². The summed E-state index contributed by atoms with van der Waals surface area (Å²) in [6, 6.07) is 5.03. The number of fused-ring (bicyclic) bond motifs is 2. The van der Waals surface area contributed by atoms with E-state index in [0.717, 1.165) is 22.2 Å². The highest BCUT2D eigenvalue weighted by Crippen LogP contribution is 2.37. The summed E-state index contributed by atoms with van der Waals surface area (Å²) in [5.41, 5.74) is 0.546. The monoisotopic (exact) mass is 558 g/mol. The fourth-order valence-corrected chi connectivity index (χ4v) is 9.10. The molecule has 0 bridgehead atoms. The van der Waals surface area contributed by atoms with Crippen molar-refractivity contribution in [3.63, 3.8) is 0 Å². The van der Waals surface area contributed by atoms with Crippen LogP contribution in [0.15, 0.2) is 42.0 Å². The van der Waals surface area contributed by atoms with Crippen molar-refractivity contribution in [2.75, 3.05) is 13.1 Å². The molecule has 3 unspecified atom stereocenters. The van der Waals surface area contributed by atoms with Crippen LogP contribution in [0.5, 0.6) is 0 Å². The van der Waals surface area contributed by atoms with E-state index in [2.05, 4.69) is 10.3 Å². The number of carbonyl (C=O) groups is 3. The maximum Gasteiger partial charge on any atom is 0.262 e. The average Bonchev–Trinajstić information content (AvgIpc) is 3.20. The van der Waals surface area contributed by atoms with Crippen LogP contribution < -0.4 is 5.32 Å². The number of rotatable bonds is 8. The molecule has 0 spiro atoms. The fraction of sp³-hybridized carbons (Fsp3) is 0.440. The minimum atomic E-state index is -3.77. The maximum absolute atomic E-state index is 13.7. The molecule has 3 aliphatic rings.